The molecule has 0 spiro atoms. The Morgan fingerprint density at radius 1 is 1.31 bits per heavy atom. The molecule has 1 amide bonds. The van der Waals surface area contributed by atoms with Crippen LogP contribution in [0.25, 0.3) is 0 Å². The zero-order valence-corrected chi connectivity index (χ0v) is 8.00. The van der Waals surface area contributed by atoms with Gasteiger partial charge >= 0.3 is 0 Å². The van der Waals surface area contributed by atoms with Crippen LogP contribution in [-0.2, 0) is 0 Å². The molecule has 0 saturated carbocycles. The standard InChI is InChI=1S/C10H7F2N3O/c11-8-4-3-6(9(12)15-8)14-10(16)7-2-1-5-13-7/h1-5,13H,(H,14,16). The Labute approximate surface area is 89.3 Å². The van der Waals surface area contributed by atoms with Gasteiger partial charge in [0.15, 0.2) is 0 Å². The zero-order chi connectivity index (χ0) is 11.5. The van der Waals surface area contributed by atoms with Crippen molar-refractivity contribution >= 4 is 11.6 Å². The number of H-pyrrole nitrogens is 1. The molecule has 2 aromatic heterocycles. The monoisotopic (exact) mass is 223 g/mol. The summed E-state index contributed by atoms with van der Waals surface area (Å²) >= 11 is 0. The molecule has 0 radical (unpaired) electrons. The van der Waals surface area contributed by atoms with Crippen LogP contribution >= 0.6 is 0 Å². The first kappa shape index (κ1) is 10.3. The van der Waals surface area contributed by atoms with Crippen LogP contribution in [0.4, 0.5) is 14.5 Å². The minimum Gasteiger partial charge on any atom is -0.357 e. The first-order chi connectivity index (χ1) is 7.66. The highest BCUT2D eigenvalue weighted by Gasteiger charge is 2.10. The maximum Gasteiger partial charge on any atom is 0.272 e. The van der Waals surface area contributed by atoms with Gasteiger partial charge < -0.3 is 10.3 Å². The van der Waals surface area contributed by atoms with Gasteiger partial charge in [-0.05, 0) is 24.3 Å². The number of hydrogen-bond donors (Lipinski definition) is 2. The largest absolute Gasteiger partial charge is 0.357 e. The molecule has 82 valence electrons. The Kier molecular flexibility index (Phi) is 2.63. The van der Waals surface area contributed by atoms with Gasteiger partial charge in [0, 0.05) is 6.20 Å². The van der Waals surface area contributed by atoms with Gasteiger partial charge in [-0.15, -0.1) is 0 Å². The lowest BCUT2D eigenvalue weighted by atomic mass is 10.3. The number of nitrogens with zero attached hydrogens (tertiary/aromatic N) is 1. The minimum atomic E-state index is -1.06. The molecular weight excluding hydrogens is 216 g/mol. The zero-order valence-electron chi connectivity index (χ0n) is 8.00. The third kappa shape index (κ3) is 2.05. The topological polar surface area (TPSA) is 57.8 Å². The third-order valence-electron chi connectivity index (χ3n) is 1.91. The third-order valence-corrected chi connectivity index (χ3v) is 1.91. The van der Waals surface area contributed by atoms with Crippen LogP contribution in [0.15, 0.2) is 30.5 Å². The van der Waals surface area contributed by atoms with E-state index in [0.29, 0.717) is 0 Å². The molecule has 2 heterocycles. The summed E-state index contributed by atoms with van der Waals surface area (Å²) in [4.78, 5) is 17.1. The second-order valence-corrected chi connectivity index (χ2v) is 3.01. The average Bonchev–Trinajstić information content (AvgIpc) is 2.75. The van der Waals surface area contributed by atoms with Crippen molar-refractivity contribution in [3.63, 3.8) is 0 Å². The Balaban J connectivity index is 2.18. The number of aromatic amines is 1. The normalized spacial score (nSPS) is 10.1. The van der Waals surface area contributed by atoms with Crippen LogP contribution in [0.2, 0.25) is 0 Å². The summed E-state index contributed by atoms with van der Waals surface area (Å²) in [5.74, 6) is -2.51. The molecule has 0 aliphatic rings. The first-order valence-electron chi connectivity index (χ1n) is 4.43. The van der Waals surface area contributed by atoms with E-state index in [0.717, 1.165) is 12.1 Å². The van der Waals surface area contributed by atoms with Gasteiger partial charge in [-0.2, -0.15) is 13.8 Å². The maximum atomic E-state index is 13.1. The molecule has 0 aliphatic carbocycles. The Morgan fingerprint density at radius 2 is 2.12 bits per heavy atom. The molecule has 16 heavy (non-hydrogen) atoms. The summed E-state index contributed by atoms with van der Waals surface area (Å²) in [5.41, 5.74) is 0.115. The lowest BCUT2D eigenvalue weighted by Crippen LogP contribution is -2.14. The Morgan fingerprint density at radius 3 is 2.75 bits per heavy atom. The summed E-state index contributed by atoms with van der Waals surface area (Å²) in [6.07, 6.45) is 1.56. The Bertz CT molecular complexity index is 511. The minimum absolute atomic E-state index is 0.166. The molecule has 0 aliphatic heterocycles. The van der Waals surface area contributed by atoms with Crippen molar-refractivity contribution in [1.29, 1.82) is 0 Å². The summed E-state index contributed by atoms with van der Waals surface area (Å²) in [5, 5.41) is 2.27. The van der Waals surface area contributed by atoms with Gasteiger partial charge in [0.25, 0.3) is 5.91 Å². The molecule has 0 atom stereocenters. The van der Waals surface area contributed by atoms with Crippen molar-refractivity contribution in [2.45, 2.75) is 0 Å². The van der Waals surface area contributed by atoms with E-state index in [2.05, 4.69) is 15.3 Å². The second kappa shape index (κ2) is 4.09. The van der Waals surface area contributed by atoms with Crippen molar-refractivity contribution in [2.24, 2.45) is 0 Å². The summed E-state index contributed by atoms with van der Waals surface area (Å²) in [6, 6.07) is 5.24. The number of carbonyl (C=O) groups is 1. The molecule has 0 bridgehead atoms. The number of amides is 1. The van der Waals surface area contributed by atoms with E-state index in [1.807, 2.05) is 0 Å². The van der Waals surface area contributed by atoms with E-state index < -0.39 is 17.8 Å². The van der Waals surface area contributed by atoms with Crippen molar-refractivity contribution < 1.29 is 13.6 Å². The molecule has 0 fully saturated rings. The molecule has 2 N–H and O–H groups in total. The number of hydrogen-bond acceptors (Lipinski definition) is 2. The molecule has 6 heteroatoms. The second-order valence-electron chi connectivity index (χ2n) is 3.01. The molecular formula is C10H7F2N3O. The van der Waals surface area contributed by atoms with Gasteiger partial charge in [-0.1, -0.05) is 0 Å². The summed E-state index contributed by atoms with van der Waals surface area (Å²) < 4.78 is 25.6. The number of nitrogens with one attached hydrogen (secondary N) is 2. The van der Waals surface area contributed by atoms with Crippen molar-refractivity contribution in [3.05, 3.63) is 48.1 Å². The quantitative estimate of drug-likeness (QED) is 0.764. The fraction of sp³-hybridized carbons (Fsp3) is 0. The number of anilines is 1. The van der Waals surface area contributed by atoms with Crippen molar-refractivity contribution in [2.75, 3.05) is 5.32 Å². The predicted molar refractivity (Wildman–Crippen MR) is 52.9 cm³/mol. The number of halogens is 2. The number of pyridine rings is 1. The van der Waals surface area contributed by atoms with Crippen LogP contribution in [-0.4, -0.2) is 15.9 Å². The molecule has 2 aromatic rings. The van der Waals surface area contributed by atoms with Gasteiger partial charge in [0.2, 0.25) is 11.9 Å². The Hall–Kier alpha value is -2.24. The lowest BCUT2D eigenvalue weighted by Gasteiger charge is -2.03. The predicted octanol–water partition coefficient (Wildman–Crippen LogP) is 1.94. The van der Waals surface area contributed by atoms with Crippen LogP contribution in [0, 0.1) is 11.9 Å². The SMILES string of the molecule is O=C(Nc1ccc(F)nc1F)c1ccc[nH]1. The van der Waals surface area contributed by atoms with Crippen molar-refractivity contribution in [1.82, 2.24) is 9.97 Å². The lowest BCUT2D eigenvalue weighted by molar-refractivity contribution is 0.102. The van der Waals surface area contributed by atoms with Crippen LogP contribution in [0.3, 0.4) is 0 Å². The van der Waals surface area contributed by atoms with Gasteiger partial charge in [0.1, 0.15) is 5.69 Å². The van der Waals surface area contributed by atoms with Gasteiger partial charge in [-0.25, -0.2) is 0 Å². The van der Waals surface area contributed by atoms with Gasteiger partial charge in [-0.3, -0.25) is 4.79 Å². The smallest absolute Gasteiger partial charge is 0.272 e. The summed E-state index contributed by atoms with van der Waals surface area (Å²) in [7, 11) is 0. The molecule has 0 saturated heterocycles. The number of carbonyl (C=O) groups excluding carboxylic acids is 1. The number of rotatable bonds is 2. The maximum absolute atomic E-state index is 13.1. The molecule has 0 unspecified atom stereocenters. The average molecular weight is 223 g/mol. The van der Waals surface area contributed by atoms with Crippen molar-refractivity contribution in [3.8, 4) is 0 Å². The van der Waals surface area contributed by atoms with Gasteiger partial charge in [0.05, 0.1) is 5.69 Å². The highest BCUT2D eigenvalue weighted by Crippen LogP contribution is 2.12. The van der Waals surface area contributed by atoms with Crippen LogP contribution in [0.1, 0.15) is 10.5 Å². The van der Waals surface area contributed by atoms with E-state index in [-0.39, 0.29) is 11.4 Å². The number of aromatic nitrogens is 2. The van der Waals surface area contributed by atoms with Crippen LogP contribution < -0.4 is 5.32 Å². The van der Waals surface area contributed by atoms with E-state index in [9.17, 15) is 13.6 Å². The fourth-order valence-electron chi connectivity index (χ4n) is 1.17. The summed E-state index contributed by atoms with van der Waals surface area (Å²) in [6.45, 7) is 0. The fourth-order valence-corrected chi connectivity index (χ4v) is 1.17. The van der Waals surface area contributed by atoms with E-state index in [1.54, 1.807) is 12.3 Å². The van der Waals surface area contributed by atoms with E-state index >= 15 is 0 Å². The molecule has 2 rings (SSSR count). The molecule has 4 nitrogen and oxygen atoms in total. The highest BCUT2D eigenvalue weighted by molar-refractivity contribution is 6.02. The highest BCUT2D eigenvalue weighted by atomic mass is 19.1. The van der Waals surface area contributed by atoms with Crippen LogP contribution in [0.5, 0.6) is 0 Å². The first-order valence-corrected chi connectivity index (χ1v) is 4.43. The van der Waals surface area contributed by atoms with E-state index in [1.165, 1.54) is 6.07 Å². The van der Waals surface area contributed by atoms with E-state index in [4.69, 9.17) is 0 Å². The molecule has 0 aromatic carbocycles.